The molecule has 6 nitrogen and oxygen atoms in total. The van der Waals surface area contributed by atoms with Gasteiger partial charge in [-0.05, 0) is 67.8 Å². The van der Waals surface area contributed by atoms with Gasteiger partial charge in [-0.25, -0.2) is 8.42 Å². The molecule has 0 fully saturated rings. The van der Waals surface area contributed by atoms with Crippen molar-refractivity contribution in [2.24, 2.45) is 0 Å². The van der Waals surface area contributed by atoms with Crippen molar-refractivity contribution in [2.75, 3.05) is 22.9 Å². The van der Waals surface area contributed by atoms with E-state index in [9.17, 15) is 13.2 Å². The Hall–Kier alpha value is -2.97. The molecular weight excluding hydrogens is 420 g/mol. The van der Waals surface area contributed by atoms with Crippen LogP contribution in [0.2, 0.25) is 0 Å². The average Bonchev–Trinajstić information content (AvgIpc) is 2.74. The summed E-state index contributed by atoms with van der Waals surface area (Å²) in [5.74, 6) is 0.100. The van der Waals surface area contributed by atoms with Gasteiger partial charge in [-0.1, -0.05) is 23.8 Å². The first kappa shape index (κ1) is 21.7. The van der Waals surface area contributed by atoms with E-state index in [-0.39, 0.29) is 17.4 Å². The molecule has 0 aliphatic rings. The summed E-state index contributed by atoms with van der Waals surface area (Å²) in [6, 6.07) is 20.5. The molecule has 0 radical (unpaired) electrons. The highest BCUT2D eigenvalue weighted by Crippen LogP contribution is 2.21. The van der Waals surface area contributed by atoms with Crippen molar-refractivity contribution in [3.63, 3.8) is 0 Å². The van der Waals surface area contributed by atoms with Crippen LogP contribution in [0.25, 0.3) is 0 Å². The molecule has 0 unspecified atom stereocenters. The third-order valence-corrected chi connectivity index (χ3v) is 6.28. The summed E-state index contributed by atoms with van der Waals surface area (Å²) in [4.78, 5) is 13.2. The lowest BCUT2D eigenvalue weighted by molar-refractivity contribution is -0.118. The van der Waals surface area contributed by atoms with Crippen molar-refractivity contribution in [2.45, 2.75) is 16.7 Å². The zero-order valence-corrected chi connectivity index (χ0v) is 18.2. The number of aryl methyl sites for hydroxylation is 1. The maximum atomic E-state index is 12.5. The molecule has 8 heteroatoms. The van der Waals surface area contributed by atoms with Crippen molar-refractivity contribution in [3.8, 4) is 5.75 Å². The standard InChI is InChI=1S/C22H22N2O4S2/c1-16-6-8-17(9-7-16)24-30(26,27)21-12-10-19(11-13-21)28-15-22(25)23-18-4-3-5-20(14-18)29-2/h3-14,24H,15H2,1-2H3,(H,23,25). The van der Waals surface area contributed by atoms with Crippen molar-refractivity contribution in [1.29, 1.82) is 0 Å². The van der Waals surface area contributed by atoms with Crippen LogP contribution in [0.3, 0.4) is 0 Å². The molecule has 0 atom stereocenters. The van der Waals surface area contributed by atoms with Crippen LogP contribution in [0.5, 0.6) is 5.75 Å². The predicted octanol–water partition coefficient (Wildman–Crippen LogP) is 4.54. The summed E-state index contributed by atoms with van der Waals surface area (Å²) < 4.78 is 33.0. The average molecular weight is 443 g/mol. The van der Waals surface area contributed by atoms with Crippen molar-refractivity contribution < 1.29 is 17.9 Å². The highest BCUT2D eigenvalue weighted by atomic mass is 32.2. The molecule has 0 saturated carbocycles. The molecule has 2 N–H and O–H groups in total. The molecular formula is C22H22N2O4S2. The Labute approximate surface area is 180 Å². The second-order valence-corrected chi connectivity index (χ2v) is 9.07. The van der Waals surface area contributed by atoms with E-state index in [0.717, 1.165) is 10.5 Å². The van der Waals surface area contributed by atoms with Gasteiger partial charge in [-0.2, -0.15) is 0 Å². The quantitative estimate of drug-likeness (QED) is 0.501. The maximum Gasteiger partial charge on any atom is 0.262 e. The SMILES string of the molecule is CSc1cccc(NC(=O)COc2ccc(S(=O)(=O)Nc3ccc(C)cc3)cc2)c1. The number of sulfonamides is 1. The molecule has 156 valence electrons. The van der Waals surface area contributed by atoms with Gasteiger partial charge in [-0.3, -0.25) is 9.52 Å². The third-order valence-electron chi connectivity index (χ3n) is 4.16. The number of hydrogen-bond donors (Lipinski definition) is 2. The number of ether oxygens (including phenoxy) is 1. The molecule has 1 amide bonds. The van der Waals surface area contributed by atoms with Crippen LogP contribution < -0.4 is 14.8 Å². The van der Waals surface area contributed by atoms with Crippen LogP contribution in [-0.4, -0.2) is 27.2 Å². The first-order chi connectivity index (χ1) is 14.4. The largest absolute Gasteiger partial charge is 0.484 e. The van der Waals surface area contributed by atoms with Crippen LogP contribution in [-0.2, 0) is 14.8 Å². The van der Waals surface area contributed by atoms with Gasteiger partial charge in [0.2, 0.25) is 0 Å². The number of nitrogens with one attached hydrogen (secondary N) is 2. The molecule has 3 aromatic rings. The lowest BCUT2D eigenvalue weighted by Crippen LogP contribution is -2.20. The molecule has 0 bridgehead atoms. The number of rotatable bonds is 8. The highest BCUT2D eigenvalue weighted by molar-refractivity contribution is 7.98. The van der Waals surface area contributed by atoms with Crippen molar-refractivity contribution in [1.82, 2.24) is 0 Å². The van der Waals surface area contributed by atoms with Gasteiger partial charge in [0.25, 0.3) is 15.9 Å². The van der Waals surface area contributed by atoms with E-state index in [1.807, 2.05) is 43.5 Å². The second-order valence-electron chi connectivity index (χ2n) is 6.51. The molecule has 3 aromatic carbocycles. The second kappa shape index (κ2) is 9.69. The zero-order valence-electron chi connectivity index (χ0n) is 16.6. The monoisotopic (exact) mass is 442 g/mol. The van der Waals surface area contributed by atoms with Gasteiger partial charge in [0.1, 0.15) is 5.75 Å². The Morgan fingerprint density at radius 3 is 2.33 bits per heavy atom. The summed E-state index contributed by atoms with van der Waals surface area (Å²) in [5, 5.41) is 2.77. The minimum Gasteiger partial charge on any atom is -0.484 e. The number of carbonyl (C=O) groups excluding carboxylic acids is 1. The zero-order chi connectivity index (χ0) is 21.6. The minimum atomic E-state index is -3.71. The molecule has 0 aromatic heterocycles. The normalized spacial score (nSPS) is 11.0. The molecule has 0 spiro atoms. The molecule has 0 aliphatic heterocycles. The first-order valence-corrected chi connectivity index (χ1v) is 11.8. The first-order valence-electron chi connectivity index (χ1n) is 9.12. The van der Waals surface area contributed by atoms with E-state index in [1.54, 1.807) is 30.0 Å². The summed E-state index contributed by atoms with van der Waals surface area (Å²) in [7, 11) is -3.71. The Morgan fingerprint density at radius 2 is 1.67 bits per heavy atom. The minimum absolute atomic E-state index is 0.105. The predicted molar refractivity (Wildman–Crippen MR) is 121 cm³/mol. The fourth-order valence-corrected chi connectivity index (χ4v) is 4.12. The summed E-state index contributed by atoms with van der Waals surface area (Å²) in [6.45, 7) is 1.75. The maximum absolute atomic E-state index is 12.5. The van der Waals surface area contributed by atoms with Crippen molar-refractivity contribution in [3.05, 3.63) is 78.4 Å². The molecule has 3 rings (SSSR count). The number of anilines is 2. The van der Waals surface area contributed by atoms with Gasteiger partial charge in [0.05, 0.1) is 4.90 Å². The van der Waals surface area contributed by atoms with Crippen molar-refractivity contribution >= 4 is 39.1 Å². The van der Waals surface area contributed by atoms with Gasteiger partial charge < -0.3 is 10.1 Å². The third kappa shape index (κ3) is 6.01. The number of hydrogen-bond acceptors (Lipinski definition) is 5. The van der Waals surface area contributed by atoms with E-state index in [0.29, 0.717) is 17.1 Å². The summed E-state index contributed by atoms with van der Waals surface area (Å²) >= 11 is 1.59. The van der Waals surface area contributed by atoms with Crippen LogP contribution in [0.1, 0.15) is 5.56 Å². The van der Waals surface area contributed by atoms with Gasteiger partial charge >= 0.3 is 0 Å². The Balaban J connectivity index is 1.57. The Morgan fingerprint density at radius 1 is 0.967 bits per heavy atom. The van der Waals surface area contributed by atoms with E-state index in [2.05, 4.69) is 10.0 Å². The summed E-state index contributed by atoms with van der Waals surface area (Å²) in [5.41, 5.74) is 2.22. The smallest absolute Gasteiger partial charge is 0.262 e. The fourth-order valence-electron chi connectivity index (χ4n) is 2.60. The van der Waals surface area contributed by atoms with Gasteiger partial charge in [-0.15, -0.1) is 11.8 Å². The van der Waals surface area contributed by atoms with E-state index < -0.39 is 10.0 Å². The molecule has 30 heavy (non-hydrogen) atoms. The molecule has 0 aliphatic carbocycles. The number of carbonyl (C=O) groups is 1. The van der Waals surface area contributed by atoms with Crippen LogP contribution in [0.15, 0.2) is 82.6 Å². The van der Waals surface area contributed by atoms with Crippen LogP contribution in [0, 0.1) is 6.92 Å². The van der Waals surface area contributed by atoms with Crippen LogP contribution in [0.4, 0.5) is 11.4 Å². The van der Waals surface area contributed by atoms with E-state index in [4.69, 9.17) is 4.74 Å². The number of amides is 1. The lowest BCUT2D eigenvalue weighted by Gasteiger charge is -2.10. The summed E-state index contributed by atoms with van der Waals surface area (Å²) in [6.07, 6.45) is 1.96. The topological polar surface area (TPSA) is 84.5 Å². The Kier molecular flexibility index (Phi) is 7.02. The fraction of sp³-hybridized carbons (Fsp3) is 0.136. The number of benzene rings is 3. The van der Waals surface area contributed by atoms with E-state index in [1.165, 1.54) is 24.3 Å². The van der Waals surface area contributed by atoms with Crippen LogP contribution >= 0.6 is 11.8 Å². The van der Waals surface area contributed by atoms with Gasteiger partial charge in [0.15, 0.2) is 6.61 Å². The van der Waals surface area contributed by atoms with Gasteiger partial charge in [0, 0.05) is 16.3 Å². The molecule has 0 heterocycles. The molecule has 0 saturated heterocycles. The number of thioether (sulfide) groups is 1. The lowest BCUT2D eigenvalue weighted by atomic mass is 10.2. The highest BCUT2D eigenvalue weighted by Gasteiger charge is 2.14. The van der Waals surface area contributed by atoms with E-state index >= 15 is 0 Å². The Bertz CT molecular complexity index is 1110.